The second-order valence-corrected chi connectivity index (χ2v) is 6.36. The van der Waals surface area contributed by atoms with Crippen LogP contribution in [0.5, 0.6) is 0 Å². The van der Waals surface area contributed by atoms with Crippen LogP contribution in [-0.2, 0) is 6.54 Å². The number of hydrogen-bond donors (Lipinski definition) is 1. The van der Waals surface area contributed by atoms with Crippen LogP contribution in [0.3, 0.4) is 0 Å². The van der Waals surface area contributed by atoms with E-state index in [1.165, 1.54) is 0 Å². The van der Waals surface area contributed by atoms with Crippen LogP contribution in [0.15, 0.2) is 34.7 Å². The molecule has 1 heterocycles. The van der Waals surface area contributed by atoms with Crippen molar-refractivity contribution in [2.45, 2.75) is 39.8 Å². The number of quaternary nitrogens is 1. The summed E-state index contributed by atoms with van der Waals surface area (Å²) in [6.45, 7) is 9.44. The van der Waals surface area contributed by atoms with E-state index in [2.05, 4.69) is 26.1 Å². The Labute approximate surface area is 119 Å². The van der Waals surface area contributed by atoms with Crippen LogP contribution in [0.25, 0.3) is 11.3 Å². The molecule has 2 nitrogen and oxygen atoms in total. The summed E-state index contributed by atoms with van der Waals surface area (Å²) >= 11 is 6.14. The highest BCUT2D eigenvalue weighted by molar-refractivity contribution is 6.31. The molecule has 2 N–H and O–H groups in total. The normalized spacial score (nSPS) is 11.8. The van der Waals surface area contributed by atoms with Gasteiger partial charge < -0.3 is 9.73 Å². The van der Waals surface area contributed by atoms with Gasteiger partial charge in [-0.05, 0) is 51.5 Å². The molecule has 3 heteroatoms. The van der Waals surface area contributed by atoms with Crippen LogP contribution in [0, 0.1) is 6.92 Å². The van der Waals surface area contributed by atoms with Crippen molar-refractivity contribution in [1.29, 1.82) is 0 Å². The van der Waals surface area contributed by atoms with E-state index in [1.54, 1.807) is 0 Å². The quantitative estimate of drug-likeness (QED) is 0.910. The van der Waals surface area contributed by atoms with Crippen LogP contribution in [0.4, 0.5) is 0 Å². The van der Waals surface area contributed by atoms with E-state index >= 15 is 0 Å². The lowest BCUT2D eigenvalue weighted by Gasteiger charge is -2.15. The Morgan fingerprint density at radius 2 is 1.89 bits per heavy atom. The predicted octanol–water partition coefficient (Wildman–Crippen LogP) is 3.77. The van der Waals surface area contributed by atoms with Gasteiger partial charge in [0, 0.05) is 10.6 Å². The Morgan fingerprint density at radius 3 is 2.58 bits per heavy atom. The lowest BCUT2D eigenvalue weighted by Crippen LogP contribution is -2.92. The summed E-state index contributed by atoms with van der Waals surface area (Å²) in [5, 5.41) is 3.04. The second-order valence-electron chi connectivity index (χ2n) is 5.95. The Kier molecular flexibility index (Phi) is 4.02. The number of benzene rings is 1. The van der Waals surface area contributed by atoms with Gasteiger partial charge in [0.25, 0.3) is 0 Å². The van der Waals surface area contributed by atoms with Crippen molar-refractivity contribution in [1.82, 2.24) is 0 Å². The molecule has 0 fully saturated rings. The first-order chi connectivity index (χ1) is 8.87. The van der Waals surface area contributed by atoms with Crippen LogP contribution in [0.2, 0.25) is 5.02 Å². The van der Waals surface area contributed by atoms with Gasteiger partial charge in [0.2, 0.25) is 0 Å². The zero-order valence-corrected chi connectivity index (χ0v) is 12.7. The highest BCUT2D eigenvalue weighted by Gasteiger charge is 2.15. The van der Waals surface area contributed by atoms with E-state index in [-0.39, 0.29) is 5.54 Å². The van der Waals surface area contributed by atoms with Crippen molar-refractivity contribution in [2.24, 2.45) is 0 Å². The fraction of sp³-hybridized carbons (Fsp3) is 0.375. The maximum absolute atomic E-state index is 6.14. The fourth-order valence-electron chi connectivity index (χ4n) is 1.91. The maximum atomic E-state index is 6.14. The zero-order chi connectivity index (χ0) is 14.0. The Hall–Kier alpha value is -1.25. The molecule has 0 aliphatic rings. The summed E-state index contributed by atoms with van der Waals surface area (Å²) in [6, 6.07) is 9.95. The summed E-state index contributed by atoms with van der Waals surface area (Å²) in [4.78, 5) is 0. The number of rotatable bonds is 3. The maximum Gasteiger partial charge on any atom is 0.158 e. The molecule has 0 saturated carbocycles. The molecule has 0 atom stereocenters. The smallest absolute Gasteiger partial charge is 0.158 e. The fourth-order valence-corrected chi connectivity index (χ4v) is 2.09. The molecule has 0 amide bonds. The summed E-state index contributed by atoms with van der Waals surface area (Å²) < 4.78 is 5.91. The molecule has 0 aliphatic carbocycles. The van der Waals surface area contributed by atoms with E-state index in [4.69, 9.17) is 16.0 Å². The monoisotopic (exact) mass is 278 g/mol. The number of halogens is 1. The van der Waals surface area contributed by atoms with Crippen LogP contribution in [-0.4, -0.2) is 5.54 Å². The van der Waals surface area contributed by atoms with Crippen molar-refractivity contribution >= 4 is 11.6 Å². The topological polar surface area (TPSA) is 29.8 Å². The second kappa shape index (κ2) is 5.40. The third-order valence-electron chi connectivity index (χ3n) is 3.11. The third-order valence-corrected chi connectivity index (χ3v) is 3.52. The van der Waals surface area contributed by atoms with E-state index in [0.29, 0.717) is 0 Å². The molecule has 0 radical (unpaired) electrons. The predicted molar refractivity (Wildman–Crippen MR) is 79.3 cm³/mol. The molecule has 2 rings (SSSR count). The van der Waals surface area contributed by atoms with Crippen molar-refractivity contribution in [2.75, 3.05) is 0 Å². The summed E-state index contributed by atoms with van der Waals surface area (Å²) in [5.41, 5.74) is 2.33. The Bertz CT molecular complexity index is 566. The van der Waals surface area contributed by atoms with Gasteiger partial charge in [-0.25, -0.2) is 0 Å². The standard InChI is InChI=1S/C16H20ClNO/c1-11-13(6-5-7-14(11)17)15-9-8-12(19-15)10-18-16(2,3)4/h5-9,18H,10H2,1-4H3/p+1. The average Bonchev–Trinajstić information content (AvgIpc) is 2.78. The summed E-state index contributed by atoms with van der Waals surface area (Å²) in [6.07, 6.45) is 0. The SMILES string of the molecule is Cc1c(Cl)cccc1-c1ccc(C[NH2+]C(C)(C)C)o1. The van der Waals surface area contributed by atoms with Crippen LogP contribution in [0.1, 0.15) is 32.1 Å². The minimum absolute atomic E-state index is 0.207. The van der Waals surface area contributed by atoms with Gasteiger partial charge in [0.05, 0.1) is 5.54 Å². The van der Waals surface area contributed by atoms with Gasteiger partial charge in [0.1, 0.15) is 12.3 Å². The van der Waals surface area contributed by atoms with Gasteiger partial charge in [0.15, 0.2) is 5.76 Å². The third kappa shape index (κ3) is 3.62. The largest absolute Gasteiger partial charge is 0.455 e. The van der Waals surface area contributed by atoms with Gasteiger partial charge in [-0.15, -0.1) is 0 Å². The van der Waals surface area contributed by atoms with Gasteiger partial charge >= 0.3 is 0 Å². The number of nitrogens with two attached hydrogens (primary N) is 1. The van der Waals surface area contributed by atoms with Crippen LogP contribution >= 0.6 is 11.6 Å². The van der Waals surface area contributed by atoms with E-state index in [9.17, 15) is 0 Å². The molecule has 0 saturated heterocycles. The van der Waals surface area contributed by atoms with Crippen molar-refractivity contribution in [3.8, 4) is 11.3 Å². The minimum Gasteiger partial charge on any atom is -0.455 e. The first-order valence-corrected chi connectivity index (χ1v) is 6.93. The molecule has 1 aromatic carbocycles. The number of hydrogen-bond acceptors (Lipinski definition) is 1. The lowest BCUT2D eigenvalue weighted by molar-refractivity contribution is -0.732. The van der Waals surface area contributed by atoms with Crippen molar-refractivity contribution < 1.29 is 9.73 Å². The molecule has 0 bridgehead atoms. The first kappa shape index (κ1) is 14.2. The molecular formula is C16H21ClNO+. The molecule has 2 aromatic rings. The van der Waals surface area contributed by atoms with Crippen molar-refractivity contribution in [3.05, 3.63) is 46.7 Å². The highest BCUT2D eigenvalue weighted by Crippen LogP contribution is 2.29. The van der Waals surface area contributed by atoms with Gasteiger partial charge in [-0.3, -0.25) is 0 Å². The molecule has 0 unspecified atom stereocenters. The summed E-state index contributed by atoms with van der Waals surface area (Å²) in [7, 11) is 0. The molecule has 19 heavy (non-hydrogen) atoms. The summed E-state index contributed by atoms with van der Waals surface area (Å²) in [5.74, 6) is 1.88. The van der Waals surface area contributed by atoms with E-state index in [1.807, 2.05) is 37.3 Å². The average molecular weight is 279 g/mol. The molecule has 1 aromatic heterocycles. The molecule has 0 aliphatic heterocycles. The highest BCUT2D eigenvalue weighted by atomic mass is 35.5. The van der Waals surface area contributed by atoms with Crippen molar-refractivity contribution in [3.63, 3.8) is 0 Å². The molecule has 102 valence electrons. The van der Waals surface area contributed by atoms with E-state index < -0.39 is 0 Å². The minimum atomic E-state index is 0.207. The Balaban J connectivity index is 2.19. The van der Waals surface area contributed by atoms with Gasteiger partial charge in [-0.2, -0.15) is 0 Å². The lowest BCUT2D eigenvalue weighted by atomic mass is 10.1. The number of furan rings is 1. The zero-order valence-electron chi connectivity index (χ0n) is 12.0. The molecular weight excluding hydrogens is 258 g/mol. The van der Waals surface area contributed by atoms with Gasteiger partial charge in [-0.1, -0.05) is 23.7 Å². The first-order valence-electron chi connectivity index (χ1n) is 6.55. The van der Waals surface area contributed by atoms with E-state index in [0.717, 1.165) is 34.2 Å². The Morgan fingerprint density at radius 1 is 1.16 bits per heavy atom. The van der Waals surface area contributed by atoms with Crippen LogP contribution < -0.4 is 5.32 Å². The molecule has 0 spiro atoms.